The minimum atomic E-state index is -0.452. The molecule has 0 unspecified atom stereocenters. The zero-order valence-corrected chi connectivity index (χ0v) is 17.6. The molecule has 0 saturated heterocycles. The maximum atomic E-state index is 14.6. The molecule has 0 spiro atoms. The van der Waals surface area contributed by atoms with E-state index in [9.17, 15) is 14.0 Å². The summed E-state index contributed by atoms with van der Waals surface area (Å²) in [6.07, 6.45) is 3.75. The first-order valence-corrected chi connectivity index (χ1v) is 10.6. The van der Waals surface area contributed by atoms with Crippen LogP contribution in [0.5, 0.6) is 11.6 Å². The summed E-state index contributed by atoms with van der Waals surface area (Å²) in [5.41, 5.74) is 3.58. The molecule has 1 saturated carbocycles. The van der Waals surface area contributed by atoms with E-state index < -0.39 is 5.82 Å². The molecule has 6 nitrogen and oxygen atoms in total. The molecule has 2 heterocycles. The highest BCUT2D eigenvalue weighted by Gasteiger charge is 2.32. The van der Waals surface area contributed by atoms with Crippen LogP contribution in [0.4, 0.5) is 4.39 Å². The van der Waals surface area contributed by atoms with Crippen LogP contribution in [0.1, 0.15) is 56.2 Å². The first kappa shape index (κ1) is 20.2. The molecular formula is C25H22FN3O3. The van der Waals surface area contributed by atoms with Crippen molar-refractivity contribution in [2.45, 2.75) is 31.8 Å². The van der Waals surface area contributed by atoms with Gasteiger partial charge in [-0.1, -0.05) is 18.2 Å². The maximum absolute atomic E-state index is 14.6. The van der Waals surface area contributed by atoms with Gasteiger partial charge in [0.2, 0.25) is 5.88 Å². The fourth-order valence-corrected chi connectivity index (χ4v) is 3.98. The third-order valence-corrected chi connectivity index (χ3v) is 5.89. The highest BCUT2D eigenvalue weighted by molar-refractivity contribution is 6.00. The largest absolute Gasteiger partial charge is 0.435 e. The van der Waals surface area contributed by atoms with Crippen LogP contribution in [0.25, 0.3) is 0 Å². The summed E-state index contributed by atoms with van der Waals surface area (Å²) in [7, 11) is 1.58. The molecule has 1 aromatic heterocycles. The van der Waals surface area contributed by atoms with Crippen LogP contribution < -0.4 is 10.1 Å². The van der Waals surface area contributed by atoms with Gasteiger partial charge in [-0.2, -0.15) is 0 Å². The molecule has 3 aromatic rings. The lowest BCUT2D eigenvalue weighted by Crippen LogP contribution is -2.23. The number of pyridine rings is 1. The van der Waals surface area contributed by atoms with Crippen molar-refractivity contribution in [1.82, 2.24) is 15.2 Å². The van der Waals surface area contributed by atoms with Gasteiger partial charge in [-0.05, 0) is 65.8 Å². The minimum Gasteiger partial charge on any atom is -0.435 e. The van der Waals surface area contributed by atoms with Gasteiger partial charge >= 0.3 is 0 Å². The number of nitrogens with one attached hydrogen (secondary N) is 1. The molecule has 1 fully saturated rings. The summed E-state index contributed by atoms with van der Waals surface area (Å²) in [4.78, 5) is 30.7. The normalized spacial score (nSPS) is 14.9. The number of halogens is 1. The SMILES string of the molecule is CNC(=O)c1ccc(CN2Cc3ccnc(Oc4ccc(C5CC5)cc4F)c3C2=O)cc1. The molecule has 1 N–H and O–H groups in total. The summed E-state index contributed by atoms with van der Waals surface area (Å²) >= 11 is 0. The zero-order chi connectivity index (χ0) is 22.2. The molecule has 2 amide bonds. The Kier molecular flexibility index (Phi) is 5.09. The molecule has 0 radical (unpaired) electrons. The van der Waals surface area contributed by atoms with E-state index in [-0.39, 0.29) is 23.4 Å². The topological polar surface area (TPSA) is 71.5 Å². The lowest BCUT2D eigenvalue weighted by atomic mass is 10.1. The van der Waals surface area contributed by atoms with Crippen LogP contribution in [0.2, 0.25) is 0 Å². The lowest BCUT2D eigenvalue weighted by Gasteiger charge is -2.16. The molecule has 0 atom stereocenters. The van der Waals surface area contributed by atoms with Crippen molar-refractivity contribution in [1.29, 1.82) is 0 Å². The number of nitrogens with zero attached hydrogens (tertiary/aromatic N) is 2. The molecule has 32 heavy (non-hydrogen) atoms. The third-order valence-electron chi connectivity index (χ3n) is 5.89. The van der Waals surface area contributed by atoms with E-state index in [1.807, 2.05) is 18.2 Å². The van der Waals surface area contributed by atoms with Crippen molar-refractivity contribution < 1.29 is 18.7 Å². The molecule has 7 heteroatoms. The van der Waals surface area contributed by atoms with Gasteiger partial charge in [-0.3, -0.25) is 9.59 Å². The summed E-state index contributed by atoms with van der Waals surface area (Å²) < 4.78 is 20.3. The Balaban J connectivity index is 1.34. The number of hydrogen-bond acceptors (Lipinski definition) is 4. The highest BCUT2D eigenvalue weighted by Crippen LogP contribution is 2.41. The third kappa shape index (κ3) is 3.82. The highest BCUT2D eigenvalue weighted by atomic mass is 19.1. The van der Waals surface area contributed by atoms with Crippen LogP contribution in [-0.2, 0) is 13.1 Å². The Morgan fingerprint density at radius 3 is 2.66 bits per heavy atom. The van der Waals surface area contributed by atoms with Gasteiger partial charge in [0.15, 0.2) is 11.6 Å². The van der Waals surface area contributed by atoms with Gasteiger partial charge in [0.25, 0.3) is 11.8 Å². The van der Waals surface area contributed by atoms with E-state index in [4.69, 9.17) is 4.74 Å². The maximum Gasteiger partial charge on any atom is 0.260 e. The second kappa shape index (κ2) is 8.07. The fraction of sp³-hybridized carbons (Fsp3) is 0.240. The molecular weight excluding hydrogens is 409 g/mol. The van der Waals surface area contributed by atoms with E-state index in [0.717, 1.165) is 29.5 Å². The van der Waals surface area contributed by atoms with Crippen molar-refractivity contribution in [2.24, 2.45) is 0 Å². The van der Waals surface area contributed by atoms with Crippen LogP contribution in [0.3, 0.4) is 0 Å². The van der Waals surface area contributed by atoms with Gasteiger partial charge < -0.3 is 15.0 Å². The van der Waals surface area contributed by atoms with Gasteiger partial charge in [0.05, 0.1) is 0 Å². The molecule has 1 aliphatic heterocycles. The Hall–Kier alpha value is -3.74. The lowest BCUT2D eigenvalue weighted by molar-refractivity contribution is 0.0764. The quantitative estimate of drug-likeness (QED) is 0.628. The predicted molar refractivity (Wildman–Crippen MR) is 116 cm³/mol. The molecule has 0 bridgehead atoms. The number of aromatic nitrogens is 1. The number of amides is 2. The summed E-state index contributed by atoms with van der Waals surface area (Å²) in [5.74, 6) is -0.208. The van der Waals surface area contributed by atoms with E-state index in [1.165, 1.54) is 6.07 Å². The number of hydrogen-bond donors (Lipinski definition) is 1. The second-order valence-corrected chi connectivity index (χ2v) is 8.15. The standard InChI is InChI=1S/C25H22FN3O3/c1-27-23(30)17-4-2-15(3-5-17)13-29-14-19-10-11-28-24(22(19)25(29)31)32-21-9-8-18(12-20(21)26)16-6-7-16/h2-5,8-12,16H,6-7,13-14H2,1H3,(H,27,30). The van der Waals surface area contributed by atoms with Gasteiger partial charge in [-0.15, -0.1) is 0 Å². The summed E-state index contributed by atoms with van der Waals surface area (Å²) in [6.45, 7) is 0.790. The number of carbonyl (C=O) groups is 2. The summed E-state index contributed by atoms with van der Waals surface area (Å²) in [6, 6.07) is 13.9. The Morgan fingerprint density at radius 1 is 1.19 bits per heavy atom. The molecule has 1 aliphatic carbocycles. The van der Waals surface area contributed by atoms with Crippen molar-refractivity contribution in [2.75, 3.05) is 7.05 Å². The van der Waals surface area contributed by atoms with Crippen LogP contribution in [0.15, 0.2) is 54.7 Å². The Labute approximate surface area is 185 Å². The second-order valence-electron chi connectivity index (χ2n) is 8.15. The van der Waals surface area contributed by atoms with Crippen LogP contribution >= 0.6 is 0 Å². The van der Waals surface area contributed by atoms with E-state index >= 15 is 0 Å². The fourth-order valence-electron chi connectivity index (χ4n) is 3.98. The number of rotatable bonds is 6. The molecule has 2 aromatic carbocycles. The Morgan fingerprint density at radius 2 is 1.97 bits per heavy atom. The smallest absolute Gasteiger partial charge is 0.260 e. The minimum absolute atomic E-state index is 0.0614. The molecule has 162 valence electrons. The van der Waals surface area contributed by atoms with E-state index in [1.54, 1.807) is 42.4 Å². The zero-order valence-electron chi connectivity index (χ0n) is 17.6. The average molecular weight is 431 g/mol. The van der Waals surface area contributed by atoms with Crippen LogP contribution in [-0.4, -0.2) is 28.7 Å². The number of ether oxygens (including phenoxy) is 1. The first-order chi connectivity index (χ1) is 15.5. The molecule has 5 rings (SSSR count). The monoisotopic (exact) mass is 431 g/mol. The molecule has 2 aliphatic rings. The number of carbonyl (C=O) groups excluding carboxylic acids is 2. The Bertz CT molecular complexity index is 1210. The average Bonchev–Trinajstić information content (AvgIpc) is 3.60. The van der Waals surface area contributed by atoms with Gasteiger partial charge in [0, 0.05) is 31.9 Å². The predicted octanol–water partition coefficient (Wildman–Crippen LogP) is 4.41. The summed E-state index contributed by atoms with van der Waals surface area (Å²) in [5, 5.41) is 2.58. The van der Waals surface area contributed by atoms with E-state index in [0.29, 0.717) is 30.1 Å². The van der Waals surface area contributed by atoms with Crippen molar-refractivity contribution in [3.63, 3.8) is 0 Å². The number of fused-ring (bicyclic) bond motifs is 1. The van der Waals surface area contributed by atoms with Crippen LogP contribution in [0, 0.1) is 5.82 Å². The number of benzene rings is 2. The first-order valence-electron chi connectivity index (χ1n) is 10.6. The van der Waals surface area contributed by atoms with Crippen molar-refractivity contribution >= 4 is 11.8 Å². The van der Waals surface area contributed by atoms with E-state index in [2.05, 4.69) is 10.3 Å². The van der Waals surface area contributed by atoms with Crippen molar-refractivity contribution in [3.8, 4) is 11.6 Å². The van der Waals surface area contributed by atoms with Crippen molar-refractivity contribution in [3.05, 3.63) is 88.4 Å². The van der Waals surface area contributed by atoms with Gasteiger partial charge in [0.1, 0.15) is 5.56 Å². The van der Waals surface area contributed by atoms with Gasteiger partial charge in [-0.25, -0.2) is 9.37 Å².